The second-order valence-corrected chi connectivity index (χ2v) is 6.12. The number of aromatic nitrogens is 2. The van der Waals surface area contributed by atoms with E-state index in [4.69, 9.17) is 9.26 Å². The van der Waals surface area contributed by atoms with Gasteiger partial charge in [0.1, 0.15) is 5.75 Å². The van der Waals surface area contributed by atoms with Crippen molar-refractivity contribution in [2.75, 3.05) is 19.6 Å². The predicted octanol–water partition coefficient (Wildman–Crippen LogP) is 2.34. The van der Waals surface area contributed by atoms with Gasteiger partial charge in [0, 0.05) is 25.6 Å². The molecular formula is C19H26N4O4. The molecule has 2 rings (SSSR count). The highest BCUT2D eigenvalue weighted by atomic mass is 16.5. The van der Waals surface area contributed by atoms with Crippen molar-refractivity contribution in [1.29, 1.82) is 0 Å². The number of nitrogens with one attached hydrogen (secondary N) is 1. The summed E-state index contributed by atoms with van der Waals surface area (Å²) < 4.78 is 10.5. The fraction of sp³-hybridized carbons (Fsp3) is 0.474. The summed E-state index contributed by atoms with van der Waals surface area (Å²) in [5, 5.41) is 6.56. The Balaban J connectivity index is 1.95. The zero-order chi connectivity index (χ0) is 19.6. The fourth-order valence-corrected chi connectivity index (χ4v) is 2.44. The summed E-state index contributed by atoms with van der Waals surface area (Å²) in [7, 11) is 0. The summed E-state index contributed by atoms with van der Waals surface area (Å²) in [6, 6.07) is 6.79. The van der Waals surface area contributed by atoms with Gasteiger partial charge in [0.25, 0.3) is 5.91 Å². The van der Waals surface area contributed by atoms with Crippen molar-refractivity contribution in [1.82, 2.24) is 20.4 Å². The maximum atomic E-state index is 12.7. The number of aryl methyl sites for hydroxylation is 1. The number of ether oxygens (including phenoxy) is 1. The van der Waals surface area contributed by atoms with Crippen molar-refractivity contribution >= 4 is 11.8 Å². The van der Waals surface area contributed by atoms with E-state index in [1.54, 1.807) is 36.1 Å². The topological polar surface area (TPSA) is 97.6 Å². The van der Waals surface area contributed by atoms with E-state index in [1.807, 2.05) is 13.8 Å². The van der Waals surface area contributed by atoms with Gasteiger partial charge in [-0.2, -0.15) is 4.98 Å². The maximum Gasteiger partial charge on any atom is 0.254 e. The largest absolute Gasteiger partial charge is 0.485 e. The first-order chi connectivity index (χ1) is 13.0. The molecule has 1 heterocycles. The predicted molar refractivity (Wildman–Crippen MR) is 99.3 cm³/mol. The lowest BCUT2D eigenvalue weighted by atomic mass is 10.2. The molecule has 0 fully saturated rings. The third kappa shape index (κ3) is 6.40. The van der Waals surface area contributed by atoms with Crippen LogP contribution in [0, 0.1) is 6.92 Å². The van der Waals surface area contributed by atoms with Crippen LogP contribution >= 0.6 is 0 Å². The van der Waals surface area contributed by atoms with Crippen LogP contribution in [0.1, 0.15) is 48.8 Å². The Morgan fingerprint density at radius 2 is 1.93 bits per heavy atom. The normalized spacial score (nSPS) is 10.5. The fourth-order valence-electron chi connectivity index (χ4n) is 2.44. The molecule has 0 radical (unpaired) electrons. The van der Waals surface area contributed by atoms with Crippen molar-refractivity contribution in [3.63, 3.8) is 0 Å². The summed E-state index contributed by atoms with van der Waals surface area (Å²) in [4.78, 5) is 30.3. The molecule has 0 saturated heterocycles. The van der Waals surface area contributed by atoms with E-state index in [0.29, 0.717) is 36.1 Å². The summed E-state index contributed by atoms with van der Waals surface area (Å²) >= 11 is 0. The number of nitrogens with zero attached hydrogens (tertiary/aromatic N) is 3. The molecule has 8 nitrogen and oxygen atoms in total. The van der Waals surface area contributed by atoms with Crippen LogP contribution in [0.5, 0.6) is 5.75 Å². The molecule has 1 aromatic heterocycles. The van der Waals surface area contributed by atoms with Crippen molar-refractivity contribution < 1.29 is 18.8 Å². The van der Waals surface area contributed by atoms with E-state index >= 15 is 0 Å². The van der Waals surface area contributed by atoms with Crippen LogP contribution in [0.3, 0.4) is 0 Å². The summed E-state index contributed by atoms with van der Waals surface area (Å²) in [6.07, 6.45) is 1.64. The van der Waals surface area contributed by atoms with Crippen LogP contribution in [0.2, 0.25) is 0 Å². The maximum absolute atomic E-state index is 12.7. The highest BCUT2D eigenvalue weighted by Crippen LogP contribution is 2.15. The number of hydrogen-bond acceptors (Lipinski definition) is 6. The highest BCUT2D eigenvalue weighted by Gasteiger charge is 2.18. The first-order valence-electron chi connectivity index (χ1n) is 9.11. The smallest absolute Gasteiger partial charge is 0.254 e. The lowest BCUT2D eigenvalue weighted by Crippen LogP contribution is -2.41. The van der Waals surface area contributed by atoms with Crippen LogP contribution in [-0.4, -0.2) is 46.5 Å². The quantitative estimate of drug-likeness (QED) is 0.685. The number of hydrogen-bond donors (Lipinski definition) is 1. The van der Waals surface area contributed by atoms with Gasteiger partial charge in [-0.05, 0) is 37.1 Å². The summed E-state index contributed by atoms with van der Waals surface area (Å²) in [5.74, 6) is 1.21. The molecule has 0 atom stereocenters. The molecular weight excluding hydrogens is 348 g/mol. The molecule has 0 unspecified atom stereocenters. The van der Waals surface area contributed by atoms with Crippen molar-refractivity contribution in [3.8, 4) is 5.75 Å². The average molecular weight is 374 g/mol. The molecule has 1 N–H and O–H groups in total. The third-order valence-electron chi connectivity index (χ3n) is 3.73. The van der Waals surface area contributed by atoms with Gasteiger partial charge < -0.3 is 19.5 Å². The Morgan fingerprint density at radius 3 is 2.52 bits per heavy atom. The van der Waals surface area contributed by atoms with Crippen molar-refractivity contribution in [2.24, 2.45) is 0 Å². The monoisotopic (exact) mass is 374 g/mol. The van der Waals surface area contributed by atoms with Gasteiger partial charge in [-0.25, -0.2) is 0 Å². The van der Waals surface area contributed by atoms with E-state index in [-0.39, 0.29) is 25.0 Å². The number of benzene rings is 1. The van der Waals surface area contributed by atoms with E-state index in [9.17, 15) is 9.59 Å². The lowest BCUT2D eigenvalue weighted by Gasteiger charge is -2.21. The van der Waals surface area contributed by atoms with E-state index in [0.717, 1.165) is 12.8 Å². The van der Waals surface area contributed by atoms with Crippen molar-refractivity contribution in [3.05, 3.63) is 41.5 Å². The van der Waals surface area contributed by atoms with Crippen LogP contribution in [0.25, 0.3) is 0 Å². The average Bonchev–Trinajstić information content (AvgIpc) is 3.09. The Morgan fingerprint density at radius 1 is 1.19 bits per heavy atom. The molecule has 0 aliphatic rings. The molecule has 0 spiro atoms. The Hall–Kier alpha value is -2.90. The van der Waals surface area contributed by atoms with E-state index in [1.165, 1.54) is 0 Å². The van der Waals surface area contributed by atoms with E-state index < -0.39 is 0 Å². The van der Waals surface area contributed by atoms with Gasteiger partial charge in [-0.15, -0.1) is 0 Å². The van der Waals surface area contributed by atoms with Gasteiger partial charge in [0.2, 0.25) is 17.6 Å². The van der Waals surface area contributed by atoms with Crippen LogP contribution in [0.4, 0.5) is 0 Å². The molecule has 2 amide bonds. The van der Waals surface area contributed by atoms with Gasteiger partial charge >= 0.3 is 0 Å². The van der Waals surface area contributed by atoms with Gasteiger partial charge in [-0.1, -0.05) is 19.0 Å². The number of amides is 2. The minimum atomic E-state index is -0.177. The number of carbonyl (C=O) groups excluding carboxylic acids is 2. The van der Waals surface area contributed by atoms with Crippen LogP contribution in [0.15, 0.2) is 28.8 Å². The highest BCUT2D eigenvalue weighted by molar-refractivity contribution is 5.96. The molecule has 0 aliphatic carbocycles. The third-order valence-corrected chi connectivity index (χ3v) is 3.73. The first kappa shape index (κ1) is 20.4. The second-order valence-electron chi connectivity index (χ2n) is 6.12. The van der Waals surface area contributed by atoms with Crippen LogP contribution < -0.4 is 10.1 Å². The number of carbonyl (C=O) groups is 2. The molecule has 146 valence electrons. The Kier molecular flexibility index (Phi) is 7.79. The first-order valence-corrected chi connectivity index (χ1v) is 9.11. The minimum Gasteiger partial charge on any atom is -0.485 e. The molecule has 8 heteroatoms. The SMILES string of the molecule is CCCNC(=O)CN(CCC)C(=O)c1ccc(OCc2noc(C)n2)cc1. The zero-order valence-corrected chi connectivity index (χ0v) is 16.0. The molecule has 27 heavy (non-hydrogen) atoms. The standard InChI is InChI=1S/C19H26N4O4/c1-4-10-20-18(24)12-23(11-5-2)19(25)15-6-8-16(9-7-15)26-13-17-21-14(3)27-22-17/h6-9H,4-5,10-13H2,1-3H3,(H,20,24). The second kappa shape index (κ2) is 10.3. The molecule has 2 aromatic rings. The molecule has 0 aliphatic heterocycles. The van der Waals surface area contributed by atoms with E-state index in [2.05, 4.69) is 15.5 Å². The van der Waals surface area contributed by atoms with Crippen molar-refractivity contribution in [2.45, 2.75) is 40.2 Å². The van der Waals surface area contributed by atoms with Gasteiger partial charge in [-0.3, -0.25) is 9.59 Å². The van der Waals surface area contributed by atoms with Gasteiger partial charge in [0.15, 0.2) is 6.61 Å². The van der Waals surface area contributed by atoms with Gasteiger partial charge in [0.05, 0.1) is 6.54 Å². The molecule has 1 aromatic carbocycles. The summed E-state index contributed by atoms with van der Waals surface area (Å²) in [6.45, 7) is 7.04. The molecule has 0 saturated carbocycles. The zero-order valence-electron chi connectivity index (χ0n) is 16.0. The lowest BCUT2D eigenvalue weighted by molar-refractivity contribution is -0.121. The number of rotatable bonds is 10. The summed E-state index contributed by atoms with van der Waals surface area (Å²) in [5.41, 5.74) is 0.509. The Bertz CT molecular complexity index is 742. The minimum absolute atomic E-state index is 0.0576. The molecule has 0 bridgehead atoms. The van der Waals surface area contributed by atoms with Crippen LogP contribution in [-0.2, 0) is 11.4 Å². The Labute approximate surface area is 158 Å².